The Balaban J connectivity index is 2.14. The van der Waals surface area contributed by atoms with E-state index >= 15 is 0 Å². The van der Waals surface area contributed by atoms with E-state index in [2.05, 4.69) is 6.92 Å². The average molecular weight is 300 g/mol. The molecule has 1 aliphatic carbocycles. The molecule has 0 heterocycles. The smallest absolute Gasteiger partial charge is 0.419 e. The molecular formula is C16H19F3O2. The normalized spacial score (nSPS) is 22.9. The van der Waals surface area contributed by atoms with Crippen molar-refractivity contribution in [2.75, 3.05) is 0 Å². The Labute approximate surface area is 122 Å². The zero-order valence-electron chi connectivity index (χ0n) is 12.0. The van der Waals surface area contributed by atoms with E-state index in [0.717, 1.165) is 38.2 Å². The van der Waals surface area contributed by atoms with Crippen molar-refractivity contribution < 1.29 is 22.7 Å². The monoisotopic (exact) mass is 300 g/mol. The molecule has 0 unspecified atom stereocenters. The minimum Gasteiger partial charge on any atom is -0.490 e. The number of benzene rings is 1. The van der Waals surface area contributed by atoms with Crippen LogP contribution in [0.3, 0.4) is 0 Å². The van der Waals surface area contributed by atoms with Crippen LogP contribution in [0.25, 0.3) is 0 Å². The van der Waals surface area contributed by atoms with Crippen molar-refractivity contribution in [3.63, 3.8) is 0 Å². The molecule has 0 atom stereocenters. The molecule has 1 fully saturated rings. The Morgan fingerprint density at radius 3 is 2.43 bits per heavy atom. The van der Waals surface area contributed by atoms with Crippen molar-refractivity contribution in [2.45, 2.75) is 51.3 Å². The molecule has 0 bridgehead atoms. The van der Waals surface area contributed by atoms with Gasteiger partial charge in [-0.25, -0.2) is 0 Å². The first-order valence-corrected chi connectivity index (χ1v) is 7.27. The van der Waals surface area contributed by atoms with Gasteiger partial charge in [-0.05, 0) is 49.8 Å². The van der Waals surface area contributed by atoms with Gasteiger partial charge >= 0.3 is 6.18 Å². The number of aldehydes is 1. The summed E-state index contributed by atoms with van der Waals surface area (Å²) in [6, 6.07) is 3.45. The summed E-state index contributed by atoms with van der Waals surface area (Å²) in [6.45, 7) is 2.13. The highest BCUT2D eigenvalue weighted by Gasteiger charge is 2.35. The van der Waals surface area contributed by atoms with Gasteiger partial charge in [-0.2, -0.15) is 13.2 Å². The SMILES string of the molecule is CCC1CCC(Oc2ccc(C=O)cc2C(F)(F)F)CC1. The lowest BCUT2D eigenvalue weighted by Gasteiger charge is -2.29. The summed E-state index contributed by atoms with van der Waals surface area (Å²) in [5.74, 6) is 0.484. The molecule has 0 spiro atoms. The summed E-state index contributed by atoms with van der Waals surface area (Å²) < 4.78 is 44.7. The summed E-state index contributed by atoms with van der Waals surface area (Å²) in [5, 5.41) is 0. The second-order valence-electron chi connectivity index (χ2n) is 5.54. The Morgan fingerprint density at radius 2 is 1.90 bits per heavy atom. The molecule has 1 aliphatic rings. The molecule has 0 radical (unpaired) electrons. The van der Waals surface area contributed by atoms with Crippen LogP contribution in [0.1, 0.15) is 54.9 Å². The molecule has 0 aliphatic heterocycles. The van der Waals surface area contributed by atoms with Crippen LogP contribution in [0.2, 0.25) is 0 Å². The van der Waals surface area contributed by atoms with Crippen LogP contribution in [-0.2, 0) is 6.18 Å². The van der Waals surface area contributed by atoms with Crippen molar-refractivity contribution in [1.82, 2.24) is 0 Å². The summed E-state index contributed by atoms with van der Waals surface area (Å²) in [6.07, 6.45) is 0.381. The quantitative estimate of drug-likeness (QED) is 0.742. The molecule has 2 rings (SSSR count). The third-order valence-corrected chi connectivity index (χ3v) is 4.11. The van der Waals surface area contributed by atoms with E-state index in [-0.39, 0.29) is 17.4 Å². The molecule has 0 N–H and O–H groups in total. The van der Waals surface area contributed by atoms with Crippen LogP contribution in [0, 0.1) is 5.92 Å². The number of ether oxygens (including phenoxy) is 1. The molecule has 0 aromatic heterocycles. The highest BCUT2D eigenvalue weighted by Crippen LogP contribution is 2.38. The van der Waals surface area contributed by atoms with Crippen molar-refractivity contribution in [3.05, 3.63) is 29.3 Å². The van der Waals surface area contributed by atoms with E-state index in [1.807, 2.05) is 0 Å². The second-order valence-corrected chi connectivity index (χ2v) is 5.54. The molecule has 2 nitrogen and oxygen atoms in total. The number of hydrogen-bond acceptors (Lipinski definition) is 2. The molecule has 1 aromatic carbocycles. The molecule has 0 amide bonds. The Bertz CT molecular complexity index is 489. The predicted octanol–water partition coefficient (Wildman–Crippen LogP) is 4.87. The van der Waals surface area contributed by atoms with Gasteiger partial charge in [-0.3, -0.25) is 4.79 Å². The van der Waals surface area contributed by atoms with Crippen LogP contribution in [0.5, 0.6) is 5.75 Å². The number of carbonyl (C=O) groups excluding carboxylic acids is 1. The molecule has 116 valence electrons. The number of carbonyl (C=O) groups is 1. The van der Waals surface area contributed by atoms with Crippen molar-refractivity contribution >= 4 is 6.29 Å². The molecule has 1 saturated carbocycles. The summed E-state index contributed by atoms with van der Waals surface area (Å²) in [7, 11) is 0. The lowest BCUT2D eigenvalue weighted by Crippen LogP contribution is -2.25. The topological polar surface area (TPSA) is 26.3 Å². The van der Waals surface area contributed by atoms with Crippen LogP contribution in [0.15, 0.2) is 18.2 Å². The standard InChI is InChI=1S/C16H19F3O2/c1-2-11-3-6-13(7-4-11)21-15-8-5-12(10-20)9-14(15)16(17,18)19/h5,8-11,13H,2-4,6-7H2,1H3. The van der Waals surface area contributed by atoms with Gasteiger partial charge in [0.15, 0.2) is 0 Å². The number of rotatable bonds is 4. The summed E-state index contributed by atoms with van der Waals surface area (Å²) in [4.78, 5) is 10.6. The minimum atomic E-state index is -4.52. The molecule has 21 heavy (non-hydrogen) atoms. The largest absolute Gasteiger partial charge is 0.490 e. The first-order chi connectivity index (χ1) is 9.94. The lowest BCUT2D eigenvalue weighted by molar-refractivity contribution is -0.139. The third kappa shape index (κ3) is 3.99. The fourth-order valence-corrected chi connectivity index (χ4v) is 2.78. The summed E-state index contributed by atoms with van der Waals surface area (Å²) >= 11 is 0. The number of hydrogen-bond donors (Lipinski definition) is 0. The van der Waals surface area contributed by atoms with Gasteiger partial charge in [0.05, 0.1) is 11.7 Å². The second kappa shape index (κ2) is 6.50. The van der Waals surface area contributed by atoms with E-state index in [1.165, 1.54) is 12.1 Å². The van der Waals surface area contributed by atoms with Crippen LogP contribution >= 0.6 is 0 Å². The Morgan fingerprint density at radius 1 is 1.24 bits per heavy atom. The number of halogens is 3. The first-order valence-electron chi connectivity index (χ1n) is 7.27. The predicted molar refractivity (Wildman–Crippen MR) is 73.5 cm³/mol. The highest BCUT2D eigenvalue weighted by molar-refractivity contribution is 5.75. The van der Waals surface area contributed by atoms with Gasteiger partial charge in [0, 0.05) is 5.56 Å². The Kier molecular flexibility index (Phi) is 4.91. The van der Waals surface area contributed by atoms with Gasteiger partial charge in [-0.1, -0.05) is 13.3 Å². The Hall–Kier alpha value is -1.52. The fraction of sp³-hybridized carbons (Fsp3) is 0.562. The fourth-order valence-electron chi connectivity index (χ4n) is 2.78. The van der Waals surface area contributed by atoms with Gasteiger partial charge in [0.1, 0.15) is 12.0 Å². The third-order valence-electron chi connectivity index (χ3n) is 4.11. The molecule has 1 aromatic rings. The molecule has 5 heteroatoms. The van der Waals surface area contributed by atoms with Crippen molar-refractivity contribution in [2.24, 2.45) is 5.92 Å². The minimum absolute atomic E-state index is 0.00404. The summed E-state index contributed by atoms with van der Waals surface area (Å²) in [5.41, 5.74) is -0.867. The van der Waals surface area contributed by atoms with Crippen LogP contribution < -0.4 is 4.74 Å². The van der Waals surface area contributed by atoms with Gasteiger partial charge < -0.3 is 4.74 Å². The first kappa shape index (κ1) is 15.9. The van der Waals surface area contributed by atoms with Crippen LogP contribution in [-0.4, -0.2) is 12.4 Å². The van der Waals surface area contributed by atoms with Gasteiger partial charge in [0.25, 0.3) is 0 Å². The van der Waals surface area contributed by atoms with Crippen LogP contribution in [0.4, 0.5) is 13.2 Å². The van der Waals surface area contributed by atoms with E-state index in [0.29, 0.717) is 12.2 Å². The zero-order chi connectivity index (χ0) is 15.5. The van der Waals surface area contributed by atoms with E-state index < -0.39 is 11.7 Å². The highest BCUT2D eigenvalue weighted by atomic mass is 19.4. The lowest BCUT2D eigenvalue weighted by atomic mass is 9.86. The van der Waals surface area contributed by atoms with E-state index in [9.17, 15) is 18.0 Å². The van der Waals surface area contributed by atoms with Crippen molar-refractivity contribution in [1.29, 1.82) is 0 Å². The van der Waals surface area contributed by atoms with Gasteiger partial charge in [-0.15, -0.1) is 0 Å². The maximum Gasteiger partial charge on any atom is 0.419 e. The van der Waals surface area contributed by atoms with Crippen molar-refractivity contribution in [3.8, 4) is 5.75 Å². The molecular weight excluding hydrogens is 281 g/mol. The number of alkyl halides is 3. The maximum atomic E-state index is 13.0. The zero-order valence-corrected chi connectivity index (χ0v) is 12.0. The van der Waals surface area contributed by atoms with E-state index in [1.54, 1.807) is 0 Å². The average Bonchev–Trinajstić information content (AvgIpc) is 2.47. The molecule has 0 saturated heterocycles. The van der Waals surface area contributed by atoms with Gasteiger partial charge in [0.2, 0.25) is 0 Å². The maximum absolute atomic E-state index is 13.0. The van der Waals surface area contributed by atoms with E-state index in [4.69, 9.17) is 4.74 Å².